The lowest BCUT2D eigenvalue weighted by atomic mass is 10.1. The van der Waals surface area contributed by atoms with Gasteiger partial charge in [-0.15, -0.1) is 0 Å². The third-order valence-corrected chi connectivity index (χ3v) is 6.18. The van der Waals surface area contributed by atoms with E-state index in [0.717, 1.165) is 24.3 Å². The summed E-state index contributed by atoms with van der Waals surface area (Å²) in [7, 11) is 0. The third kappa shape index (κ3) is 3.20. The van der Waals surface area contributed by atoms with Gasteiger partial charge in [-0.05, 0) is 6.42 Å². The van der Waals surface area contributed by atoms with Crippen LogP contribution in [0.25, 0.3) is 0 Å². The van der Waals surface area contributed by atoms with Gasteiger partial charge in [-0.25, -0.2) is 0 Å². The van der Waals surface area contributed by atoms with Crippen molar-refractivity contribution in [3.05, 3.63) is 18.0 Å². The number of aryl methyl sites for hydroxylation is 1. The maximum Gasteiger partial charge on any atom is 0.0949 e. The Morgan fingerprint density at radius 2 is 2.29 bits per heavy atom. The lowest BCUT2D eigenvalue weighted by Crippen LogP contribution is -2.29. The molecule has 3 nitrogen and oxygen atoms in total. The first-order valence-electron chi connectivity index (χ1n) is 6.16. The normalized spacial score (nSPS) is 27.0. The van der Waals surface area contributed by atoms with Crippen molar-refractivity contribution in [2.24, 2.45) is 0 Å². The second-order valence-electron chi connectivity index (χ2n) is 4.39. The monoisotopic (exact) mass is 272 g/mol. The molecule has 1 aromatic rings. The van der Waals surface area contributed by atoms with Gasteiger partial charge in [0.05, 0.1) is 12.3 Å². The first kappa shape index (κ1) is 13.3. The highest BCUT2D eigenvalue weighted by molar-refractivity contribution is 8.07. The summed E-state index contributed by atoms with van der Waals surface area (Å²) in [5.74, 6) is 2.34. The second kappa shape index (κ2) is 6.16. The van der Waals surface area contributed by atoms with E-state index in [9.17, 15) is 5.11 Å². The van der Waals surface area contributed by atoms with Crippen LogP contribution < -0.4 is 0 Å². The zero-order valence-corrected chi connectivity index (χ0v) is 12.0. The quantitative estimate of drug-likeness (QED) is 0.914. The number of aromatic nitrogens is 2. The molecule has 0 spiro atoms. The molecule has 0 radical (unpaired) electrons. The van der Waals surface area contributed by atoms with Gasteiger partial charge in [0.25, 0.3) is 0 Å². The van der Waals surface area contributed by atoms with Gasteiger partial charge < -0.3 is 5.11 Å². The van der Waals surface area contributed by atoms with Crippen LogP contribution in [0.15, 0.2) is 12.4 Å². The first-order valence-corrected chi connectivity index (χ1v) is 8.25. The van der Waals surface area contributed by atoms with Crippen LogP contribution in [-0.2, 0) is 6.54 Å². The molecule has 0 amide bonds. The smallest absolute Gasteiger partial charge is 0.0949 e. The van der Waals surface area contributed by atoms with Crippen LogP contribution in [0, 0.1) is 0 Å². The van der Waals surface area contributed by atoms with E-state index in [1.165, 1.54) is 5.75 Å². The van der Waals surface area contributed by atoms with Crippen molar-refractivity contribution in [3.8, 4) is 0 Å². The number of hydrogen-bond acceptors (Lipinski definition) is 4. The van der Waals surface area contributed by atoms with E-state index in [-0.39, 0.29) is 6.10 Å². The van der Waals surface area contributed by atoms with Crippen molar-refractivity contribution in [2.45, 2.75) is 43.4 Å². The number of aliphatic hydroxyl groups is 1. The number of nitrogens with zero attached hydrogens (tertiary/aromatic N) is 2. The van der Waals surface area contributed by atoms with Crippen molar-refractivity contribution in [1.29, 1.82) is 0 Å². The minimum absolute atomic E-state index is 0.299. The molecule has 5 heteroatoms. The number of hydrogen-bond donors (Lipinski definition) is 1. The van der Waals surface area contributed by atoms with Crippen LogP contribution in [-0.4, -0.2) is 36.9 Å². The average Bonchev–Trinajstić information content (AvgIpc) is 2.78. The Balaban J connectivity index is 2.04. The van der Waals surface area contributed by atoms with Gasteiger partial charge in [0, 0.05) is 40.3 Å². The fourth-order valence-electron chi connectivity index (χ4n) is 2.07. The molecule has 0 aliphatic carbocycles. The Morgan fingerprint density at radius 1 is 1.53 bits per heavy atom. The fraction of sp³-hybridized carbons (Fsp3) is 0.750. The van der Waals surface area contributed by atoms with Gasteiger partial charge in [0.1, 0.15) is 0 Å². The summed E-state index contributed by atoms with van der Waals surface area (Å²) >= 11 is 3.85. The Hall–Kier alpha value is -0.130. The van der Waals surface area contributed by atoms with Crippen LogP contribution in [0.5, 0.6) is 0 Å². The molecule has 1 aliphatic rings. The summed E-state index contributed by atoms with van der Waals surface area (Å²) < 4.78 is 1.92. The maximum atomic E-state index is 10.4. The predicted molar refractivity (Wildman–Crippen MR) is 75.6 cm³/mol. The molecule has 3 atom stereocenters. The summed E-state index contributed by atoms with van der Waals surface area (Å²) in [5.41, 5.74) is 0.963. The van der Waals surface area contributed by atoms with Crippen molar-refractivity contribution in [1.82, 2.24) is 9.78 Å². The van der Waals surface area contributed by atoms with E-state index in [1.54, 1.807) is 0 Å². The molecule has 2 heterocycles. The predicted octanol–water partition coefficient (Wildman–Crippen LogP) is 2.56. The molecular weight excluding hydrogens is 252 g/mol. The lowest BCUT2D eigenvalue weighted by Gasteiger charge is -2.31. The molecule has 2 rings (SSSR count). The first-order chi connectivity index (χ1) is 8.22. The van der Waals surface area contributed by atoms with Gasteiger partial charge >= 0.3 is 0 Å². The standard InChI is InChI=1S/C12H20N2OS2/c1-3-4-14-8-10(7-13-14)11(15)12-9(2)16-5-6-17-12/h7-9,11-12,15H,3-6H2,1-2H3. The van der Waals surface area contributed by atoms with Gasteiger partial charge in [0.2, 0.25) is 0 Å². The van der Waals surface area contributed by atoms with Gasteiger partial charge in [-0.3, -0.25) is 4.68 Å². The van der Waals surface area contributed by atoms with Crippen LogP contribution in [0.2, 0.25) is 0 Å². The lowest BCUT2D eigenvalue weighted by molar-refractivity contribution is 0.174. The molecular formula is C12H20N2OS2. The van der Waals surface area contributed by atoms with E-state index in [4.69, 9.17) is 0 Å². The summed E-state index contributed by atoms with van der Waals surface area (Å²) in [6.07, 6.45) is 4.49. The summed E-state index contributed by atoms with van der Waals surface area (Å²) in [4.78, 5) is 0. The Labute approximate surface area is 111 Å². The summed E-state index contributed by atoms with van der Waals surface area (Å²) in [5, 5.41) is 15.5. The molecule has 96 valence electrons. The van der Waals surface area contributed by atoms with Crippen molar-refractivity contribution < 1.29 is 5.11 Å². The zero-order valence-electron chi connectivity index (χ0n) is 10.4. The number of rotatable bonds is 4. The molecule has 1 fully saturated rings. The minimum Gasteiger partial charge on any atom is -0.387 e. The summed E-state index contributed by atoms with van der Waals surface area (Å²) in [6, 6.07) is 0. The molecule has 0 bridgehead atoms. The Bertz CT molecular complexity index is 356. The fourth-order valence-corrected chi connectivity index (χ4v) is 4.90. The van der Waals surface area contributed by atoms with Crippen LogP contribution >= 0.6 is 23.5 Å². The molecule has 0 aromatic carbocycles. The average molecular weight is 272 g/mol. The van der Waals surface area contributed by atoms with Crippen LogP contribution in [0.4, 0.5) is 0 Å². The highest BCUT2D eigenvalue weighted by Gasteiger charge is 2.30. The number of thioether (sulfide) groups is 2. The van der Waals surface area contributed by atoms with E-state index < -0.39 is 0 Å². The van der Waals surface area contributed by atoms with Gasteiger partial charge in [0.15, 0.2) is 0 Å². The Morgan fingerprint density at radius 3 is 3.00 bits per heavy atom. The van der Waals surface area contributed by atoms with Crippen LogP contribution in [0.1, 0.15) is 31.9 Å². The molecule has 1 saturated heterocycles. The highest BCUT2D eigenvalue weighted by Crippen LogP contribution is 2.38. The highest BCUT2D eigenvalue weighted by atomic mass is 32.2. The van der Waals surface area contributed by atoms with E-state index in [1.807, 2.05) is 40.6 Å². The zero-order chi connectivity index (χ0) is 12.3. The molecule has 1 aliphatic heterocycles. The van der Waals surface area contributed by atoms with E-state index >= 15 is 0 Å². The van der Waals surface area contributed by atoms with Gasteiger partial charge in [-0.2, -0.15) is 28.6 Å². The Kier molecular flexibility index (Phi) is 4.82. The van der Waals surface area contributed by atoms with Gasteiger partial charge in [-0.1, -0.05) is 13.8 Å². The second-order valence-corrected chi connectivity index (χ2v) is 7.16. The van der Waals surface area contributed by atoms with Crippen LogP contribution in [0.3, 0.4) is 0 Å². The van der Waals surface area contributed by atoms with Crippen molar-refractivity contribution in [2.75, 3.05) is 11.5 Å². The van der Waals surface area contributed by atoms with E-state index in [0.29, 0.717) is 10.5 Å². The topological polar surface area (TPSA) is 38.0 Å². The molecule has 1 aromatic heterocycles. The SMILES string of the molecule is CCCn1cc(C(O)C2SCCSC2C)cn1. The molecule has 0 saturated carbocycles. The van der Waals surface area contributed by atoms with E-state index in [2.05, 4.69) is 18.9 Å². The maximum absolute atomic E-state index is 10.4. The molecule has 1 N–H and O–H groups in total. The number of aliphatic hydroxyl groups excluding tert-OH is 1. The molecule has 3 unspecified atom stereocenters. The molecule has 17 heavy (non-hydrogen) atoms. The van der Waals surface area contributed by atoms with Crippen molar-refractivity contribution in [3.63, 3.8) is 0 Å². The third-order valence-electron chi connectivity index (χ3n) is 3.00. The van der Waals surface area contributed by atoms with Crippen molar-refractivity contribution >= 4 is 23.5 Å². The largest absolute Gasteiger partial charge is 0.387 e. The summed E-state index contributed by atoms with van der Waals surface area (Å²) in [6.45, 7) is 5.27. The minimum atomic E-state index is -0.381.